The molecule has 9 heteroatoms. The lowest BCUT2D eigenvalue weighted by Gasteiger charge is -2.21. The van der Waals surface area contributed by atoms with Gasteiger partial charge in [-0.3, -0.25) is 0 Å². The monoisotopic (exact) mass is 353 g/mol. The molecule has 3 rings (SSSR count). The zero-order valence-corrected chi connectivity index (χ0v) is 14.6. The van der Waals surface area contributed by atoms with Gasteiger partial charge in [0, 0.05) is 14.1 Å². The molecule has 0 amide bonds. The number of hydrogen-bond donors (Lipinski definition) is 0. The molecule has 0 radical (unpaired) electrons. The van der Waals surface area contributed by atoms with Gasteiger partial charge in [-0.1, -0.05) is 6.92 Å². The van der Waals surface area contributed by atoms with Crippen molar-refractivity contribution in [2.75, 3.05) is 6.61 Å². The van der Waals surface area contributed by atoms with E-state index in [9.17, 15) is 19.2 Å². The lowest BCUT2D eigenvalue weighted by atomic mass is 9.90. The van der Waals surface area contributed by atoms with Crippen LogP contribution in [0, 0.1) is 5.92 Å². The average Bonchev–Trinajstić information content (AvgIpc) is 3.38. The Hall–Kier alpha value is -2.16. The minimum Gasteiger partial charge on any atom is -0.464 e. The molecular weight excluding hydrogens is 330 g/mol. The van der Waals surface area contributed by atoms with Gasteiger partial charge in [-0.15, -0.1) is 0 Å². The zero-order chi connectivity index (χ0) is 18.3. The van der Waals surface area contributed by atoms with E-state index in [0.29, 0.717) is 6.10 Å². The normalized spacial score (nSPS) is 26.0. The van der Waals surface area contributed by atoms with Gasteiger partial charge in [0.15, 0.2) is 0 Å². The molecule has 4 unspecified atom stereocenters. The Labute approximate surface area is 143 Å². The van der Waals surface area contributed by atoms with E-state index in [4.69, 9.17) is 9.47 Å². The van der Waals surface area contributed by atoms with Crippen molar-refractivity contribution >= 4 is 5.97 Å². The summed E-state index contributed by atoms with van der Waals surface area (Å²) in [5, 5.41) is 0. The zero-order valence-electron chi connectivity index (χ0n) is 14.6. The van der Waals surface area contributed by atoms with Crippen molar-refractivity contribution in [2.24, 2.45) is 20.0 Å². The Balaban J connectivity index is 1.77. The average molecular weight is 353 g/mol. The first-order chi connectivity index (χ1) is 11.8. The van der Waals surface area contributed by atoms with Gasteiger partial charge >= 0.3 is 23.0 Å². The third-order valence-corrected chi connectivity index (χ3v) is 5.10. The molecule has 1 aliphatic heterocycles. The van der Waals surface area contributed by atoms with Crippen molar-refractivity contribution < 1.29 is 14.3 Å². The van der Waals surface area contributed by atoms with E-state index in [1.165, 1.54) is 14.1 Å². The standard InChI is InChI=1S/C16H23N3O6/c1-4-10(19-15(22)17(2)14(21)18(3)16(19)23)13(20)24-8-9-5-6-11-12(7-9)25-11/h9-12H,4-8H2,1-3H3. The number of esters is 1. The van der Waals surface area contributed by atoms with Crippen molar-refractivity contribution in [3.05, 3.63) is 31.5 Å². The second kappa shape index (κ2) is 6.62. The maximum atomic E-state index is 12.5. The van der Waals surface area contributed by atoms with Crippen molar-refractivity contribution in [1.82, 2.24) is 13.7 Å². The van der Waals surface area contributed by atoms with Crippen LogP contribution >= 0.6 is 0 Å². The second-order valence-electron chi connectivity index (χ2n) is 6.78. The maximum absolute atomic E-state index is 12.5. The lowest BCUT2D eigenvalue weighted by Crippen LogP contribution is -2.55. The van der Waals surface area contributed by atoms with Crippen molar-refractivity contribution in [3.63, 3.8) is 0 Å². The van der Waals surface area contributed by atoms with Crippen LogP contribution in [0.4, 0.5) is 0 Å². The minimum atomic E-state index is -1.05. The fourth-order valence-corrected chi connectivity index (χ4v) is 3.45. The van der Waals surface area contributed by atoms with E-state index < -0.39 is 29.1 Å². The Morgan fingerprint density at radius 1 is 1.12 bits per heavy atom. The molecular formula is C16H23N3O6. The minimum absolute atomic E-state index is 0.213. The molecule has 2 aliphatic rings. The van der Waals surface area contributed by atoms with Gasteiger partial charge in [0.1, 0.15) is 6.04 Å². The third-order valence-electron chi connectivity index (χ3n) is 5.10. The fraction of sp³-hybridized carbons (Fsp3) is 0.750. The molecule has 1 saturated heterocycles. The number of epoxide rings is 1. The predicted octanol–water partition coefficient (Wildman–Crippen LogP) is -0.692. The molecule has 0 aromatic carbocycles. The predicted molar refractivity (Wildman–Crippen MR) is 87.5 cm³/mol. The van der Waals surface area contributed by atoms with E-state index in [-0.39, 0.29) is 25.0 Å². The highest BCUT2D eigenvalue weighted by molar-refractivity contribution is 5.74. The summed E-state index contributed by atoms with van der Waals surface area (Å²) >= 11 is 0. The van der Waals surface area contributed by atoms with Crippen LogP contribution in [0.15, 0.2) is 14.4 Å². The summed E-state index contributed by atoms with van der Waals surface area (Å²) in [5.74, 6) is -0.385. The summed E-state index contributed by atoms with van der Waals surface area (Å²) in [6.07, 6.45) is 3.67. The Bertz CT molecular complexity index is 811. The molecule has 1 aromatic rings. The molecule has 1 aliphatic carbocycles. The third kappa shape index (κ3) is 3.20. The number of nitrogens with zero attached hydrogens (tertiary/aromatic N) is 3. The molecule has 9 nitrogen and oxygen atoms in total. The van der Waals surface area contributed by atoms with E-state index in [0.717, 1.165) is 33.0 Å². The van der Waals surface area contributed by atoms with E-state index in [1.54, 1.807) is 6.92 Å². The molecule has 1 aromatic heterocycles. The van der Waals surface area contributed by atoms with Crippen LogP contribution in [0.25, 0.3) is 0 Å². The van der Waals surface area contributed by atoms with Crippen LogP contribution in [-0.4, -0.2) is 38.5 Å². The Morgan fingerprint density at radius 3 is 2.32 bits per heavy atom. The highest BCUT2D eigenvalue weighted by Gasteiger charge is 2.44. The number of carbonyl (C=O) groups is 1. The maximum Gasteiger partial charge on any atom is 0.336 e. The van der Waals surface area contributed by atoms with Gasteiger partial charge in [0.05, 0.1) is 18.8 Å². The van der Waals surface area contributed by atoms with Gasteiger partial charge < -0.3 is 9.47 Å². The van der Waals surface area contributed by atoms with E-state index >= 15 is 0 Å². The number of rotatable bonds is 5. The van der Waals surface area contributed by atoms with Crippen LogP contribution < -0.4 is 17.1 Å². The first-order valence-corrected chi connectivity index (χ1v) is 8.55. The Morgan fingerprint density at radius 2 is 1.76 bits per heavy atom. The topological polar surface area (TPSA) is 105 Å². The van der Waals surface area contributed by atoms with Gasteiger partial charge in [-0.2, -0.15) is 0 Å². The van der Waals surface area contributed by atoms with Gasteiger partial charge in [-0.25, -0.2) is 32.9 Å². The van der Waals surface area contributed by atoms with Crippen LogP contribution in [0.1, 0.15) is 38.6 Å². The summed E-state index contributed by atoms with van der Waals surface area (Å²) in [7, 11) is 2.54. The molecule has 2 fully saturated rings. The number of hydrogen-bond acceptors (Lipinski definition) is 6. The smallest absolute Gasteiger partial charge is 0.336 e. The van der Waals surface area contributed by atoms with Crippen LogP contribution in [0.5, 0.6) is 0 Å². The largest absolute Gasteiger partial charge is 0.464 e. The SMILES string of the molecule is CCC(C(=O)OCC1CCC2OC2C1)n1c(=O)n(C)c(=O)n(C)c1=O. The first-order valence-electron chi connectivity index (χ1n) is 8.55. The molecule has 2 heterocycles. The highest BCUT2D eigenvalue weighted by atomic mass is 16.6. The molecule has 25 heavy (non-hydrogen) atoms. The number of fused-ring (bicyclic) bond motifs is 1. The summed E-state index contributed by atoms with van der Waals surface area (Å²) in [6, 6.07) is -1.05. The lowest BCUT2D eigenvalue weighted by molar-refractivity contribution is -0.149. The number of carbonyl (C=O) groups excluding carboxylic acids is 1. The fourth-order valence-electron chi connectivity index (χ4n) is 3.45. The van der Waals surface area contributed by atoms with E-state index in [2.05, 4.69) is 0 Å². The van der Waals surface area contributed by atoms with Gasteiger partial charge in [0.25, 0.3) is 0 Å². The second-order valence-corrected chi connectivity index (χ2v) is 6.78. The number of aromatic nitrogens is 3. The summed E-state index contributed by atoms with van der Waals surface area (Å²) in [4.78, 5) is 48.9. The number of ether oxygens (including phenoxy) is 2. The highest BCUT2D eigenvalue weighted by Crippen LogP contribution is 2.39. The molecule has 0 bridgehead atoms. The summed E-state index contributed by atoms with van der Waals surface area (Å²) in [5.41, 5.74) is -2.36. The quantitative estimate of drug-likeness (QED) is 0.512. The molecule has 4 atom stereocenters. The molecule has 138 valence electrons. The summed E-state index contributed by atoms with van der Waals surface area (Å²) in [6.45, 7) is 1.94. The first kappa shape index (κ1) is 17.7. The van der Waals surface area contributed by atoms with Crippen molar-refractivity contribution in [2.45, 2.75) is 50.9 Å². The summed E-state index contributed by atoms with van der Waals surface area (Å²) < 4.78 is 13.3. The van der Waals surface area contributed by atoms with Crippen LogP contribution in [0.2, 0.25) is 0 Å². The van der Waals surface area contributed by atoms with Gasteiger partial charge in [0.2, 0.25) is 0 Å². The van der Waals surface area contributed by atoms with Gasteiger partial charge in [-0.05, 0) is 31.6 Å². The molecule has 1 saturated carbocycles. The van der Waals surface area contributed by atoms with Crippen LogP contribution in [-0.2, 0) is 28.4 Å². The van der Waals surface area contributed by atoms with Crippen molar-refractivity contribution in [1.29, 1.82) is 0 Å². The molecule has 0 N–H and O–H groups in total. The molecule has 0 spiro atoms. The Kier molecular flexibility index (Phi) is 4.68. The van der Waals surface area contributed by atoms with Crippen LogP contribution in [0.3, 0.4) is 0 Å². The van der Waals surface area contributed by atoms with E-state index in [1.807, 2.05) is 0 Å². The van der Waals surface area contributed by atoms with Crippen molar-refractivity contribution in [3.8, 4) is 0 Å².